The Bertz CT molecular complexity index is 637. The molecule has 23 heavy (non-hydrogen) atoms. The lowest BCUT2D eigenvalue weighted by Gasteiger charge is -2.21. The molecular weight excluding hydrogens is 293 g/mol. The average Bonchev–Trinajstić information content (AvgIpc) is 2.57. The first-order valence-corrected chi connectivity index (χ1v) is 7.92. The fourth-order valence-electron chi connectivity index (χ4n) is 2.33. The van der Waals surface area contributed by atoms with Gasteiger partial charge in [0.15, 0.2) is 0 Å². The van der Waals surface area contributed by atoms with E-state index in [0.29, 0.717) is 17.1 Å². The van der Waals surface area contributed by atoms with Crippen LogP contribution in [0.2, 0.25) is 0 Å². The van der Waals surface area contributed by atoms with E-state index in [4.69, 9.17) is 0 Å². The highest BCUT2D eigenvalue weighted by molar-refractivity contribution is 5.92. The van der Waals surface area contributed by atoms with E-state index < -0.39 is 0 Å². The lowest BCUT2D eigenvalue weighted by atomic mass is 10.2. The molecule has 1 aromatic heterocycles. The summed E-state index contributed by atoms with van der Waals surface area (Å²) in [6.07, 6.45) is 3.38. The molecule has 0 saturated heterocycles. The number of nitrogens with zero attached hydrogens (tertiary/aromatic N) is 2. The summed E-state index contributed by atoms with van der Waals surface area (Å²) in [5.74, 6) is -0.393. The van der Waals surface area contributed by atoms with Gasteiger partial charge in [-0.05, 0) is 37.1 Å². The summed E-state index contributed by atoms with van der Waals surface area (Å²) in [6.45, 7) is 5.54. The standard InChI is InChI=1S/C18H22FN3O/c1-3-11-22(12-4-2)18(23)17-10-9-14(13-20-17)21-16-8-6-5-7-15(16)19/h5-10,13,21H,3-4,11-12H2,1-2H3. The van der Waals surface area contributed by atoms with Gasteiger partial charge in [0, 0.05) is 13.1 Å². The van der Waals surface area contributed by atoms with E-state index in [9.17, 15) is 9.18 Å². The highest BCUT2D eigenvalue weighted by Crippen LogP contribution is 2.19. The maximum Gasteiger partial charge on any atom is 0.272 e. The summed E-state index contributed by atoms with van der Waals surface area (Å²) in [5.41, 5.74) is 1.43. The largest absolute Gasteiger partial charge is 0.352 e. The minimum atomic E-state index is -0.329. The zero-order chi connectivity index (χ0) is 16.7. The number of anilines is 2. The molecule has 0 atom stereocenters. The molecule has 2 rings (SSSR count). The molecule has 0 aliphatic heterocycles. The second kappa shape index (κ2) is 8.27. The predicted molar refractivity (Wildman–Crippen MR) is 90.4 cm³/mol. The van der Waals surface area contributed by atoms with Crippen LogP contribution in [0.1, 0.15) is 37.2 Å². The molecule has 1 aromatic carbocycles. The van der Waals surface area contributed by atoms with Gasteiger partial charge in [-0.3, -0.25) is 4.79 Å². The molecule has 0 saturated carbocycles. The Labute approximate surface area is 136 Å². The van der Waals surface area contributed by atoms with Gasteiger partial charge >= 0.3 is 0 Å². The highest BCUT2D eigenvalue weighted by Gasteiger charge is 2.15. The highest BCUT2D eigenvalue weighted by atomic mass is 19.1. The van der Waals surface area contributed by atoms with Crippen molar-refractivity contribution >= 4 is 17.3 Å². The maximum absolute atomic E-state index is 13.6. The molecule has 1 N–H and O–H groups in total. The van der Waals surface area contributed by atoms with Crippen LogP contribution < -0.4 is 5.32 Å². The molecule has 5 heteroatoms. The van der Waals surface area contributed by atoms with Gasteiger partial charge in [-0.1, -0.05) is 26.0 Å². The number of hydrogen-bond donors (Lipinski definition) is 1. The summed E-state index contributed by atoms with van der Waals surface area (Å²) in [6, 6.07) is 9.84. The van der Waals surface area contributed by atoms with Crippen molar-refractivity contribution in [2.45, 2.75) is 26.7 Å². The number of aromatic nitrogens is 1. The van der Waals surface area contributed by atoms with Crippen LogP contribution in [-0.4, -0.2) is 28.9 Å². The summed E-state index contributed by atoms with van der Waals surface area (Å²) >= 11 is 0. The van der Waals surface area contributed by atoms with E-state index in [2.05, 4.69) is 10.3 Å². The Morgan fingerprint density at radius 3 is 2.39 bits per heavy atom. The number of hydrogen-bond acceptors (Lipinski definition) is 3. The summed E-state index contributed by atoms with van der Waals surface area (Å²) in [4.78, 5) is 18.5. The second-order valence-corrected chi connectivity index (χ2v) is 5.33. The number of benzene rings is 1. The quantitative estimate of drug-likeness (QED) is 0.832. The molecule has 4 nitrogen and oxygen atoms in total. The molecule has 1 heterocycles. The minimum Gasteiger partial charge on any atom is -0.352 e. The van der Waals surface area contributed by atoms with Gasteiger partial charge in [0.2, 0.25) is 0 Å². The van der Waals surface area contributed by atoms with E-state index >= 15 is 0 Å². The van der Waals surface area contributed by atoms with Crippen molar-refractivity contribution in [2.75, 3.05) is 18.4 Å². The zero-order valence-electron chi connectivity index (χ0n) is 13.6. The third-order valence-electron chi connectivity index (χ3n) is 3.41. The first kappa shape index (κ1) is 16.9. The van der Waals surface area contributed by atoms with Crippen LogP contribution in [0.3, 0.4) is 0 Å². The van der Waals surface area contributed by atoms with E-state index in [1.807, 2.05) is 18.7 Å². The SMILES string of the molecule is CCCN(CCC)C(=O)c1ccc(Nc2ccccc2F)cn1. The van der Waals surface area contributed by atoms with Gasteiger partial charge in [0.25, 0.3) is 5.91 Å². The third-order valence-corrected chi connectivity index (χ3v) is 3.41. The number of carbonyl (C=O) groups is 1. The fraction of sp³-hybridized carbons (Fsp3) is 0.333. The minimum absolute atomic E-state index is 0.0638. The Balaban J connectivity index is 2.09. The molecule has 0 spiro atoms. The van der Waals surface area contributed by atoms with Crippen LogP contribution in [0, 0.1) is 5.82 Å². The van der Waals surface area contributed by atoms with Crippen molar-refractivity contribution < 1.29 is 9.18 Å². The van der Waals surface area contributed by atoms with E-state index in [1.54, 1.807) is 36.5 Å². The molecule has 0 aliphatic rings. The lowest BCUT2D eigenvalue weighted by molar-refractivity contribution is 0.0749. The summed E-state index contributed by atoms with van der Waals surface area (Å²) < 4.78 is 13.6. The number of carbonyl (C=O) groups excluding carboxylic acids is 1. The molecule has 122 valence electrons. The van der Waals surface area contributed by atoms with E-state index in [1.165, 1.54) is 6.07 Å². The number of amides is 1. The number of rotatable bonds is 7. The molecule has 0 aliphatic carbocycles. The topological polar surface area (TPSA) is 45.2 Å². The van der Waals surface area contributed by atoms with Crippen LogP contribution in [0.15, 0.2) is 42.6 Å². The van der Waals surface area contributed by atoms with Crippen LogP contribution in [0.25, 0.3) is 0 Å². The van der Waals surface area contributed by atoms with Gasteiger partial charge in [-0.2, -0.15) is 0 Å². The second-order valence-electron chi connectivity index (χ2n) is 5.33. The van der Waals surface area contributed by atoms with Crippen LogP contribution in [0.4, 0.5) is 15.8 Å². The Kier molecular flexibility index (Phi) is 6.09. The number of halogens is 1. The number of nitrogens with one attached hydrogen (secondary N) is 1. The summed E-state index contributed by atoms with van der Waals surface area (Å²) in [5, 5.41) is 2.96. The number of para-hydroxylation sites is 1. The monoisotopic (exact) mass is 315 g/mol. The van der Waals surface area contributed by atoms with Crippen molar-refractivity contribution in [3.63, 3.8) is 0 Å². The zero-order valence-corrected chi connectivity index (χ0v) is 13.6. The van der Waals surface area contributed by atoms with Gasteiger partial charge in [-0.25, -0.2) is 9.37 Å². The first-order chi connectivity index (χ1) is 11.2. The molecular formula is C18H22FN3O. The van der Waals surface area contributed by atoms with Gasteiger partial charge in [0.05, 0.1) is 17.6 Å². The smallest absolute Gasteiger partial charge is 0.272 e. The maximum atomic E-state index is 13.6. The molecule has 0 bridgehead atoms. The van der Waals surface area contributed by atoms with Crippen LogP contribution >= 0.6 is 0 Å². The Morgan fingerprint density at radius 1 is 1.13 bits per heavy atom. The molecule has 0 unspecified atom stereocenters. The van der Waals surface area contributed by atoms with Crippen LogP contribution in [0.5, 0.6) is 0 Å². The van der Waals surface area contributed by atoms with Crippen molar-refractivity contribution in [1.29, 1.82) is 0 Å². The normalized spacial score (nSPS) is 10.4. The first-order valence-electron chi connectivity index (χ1n) is 7.92. The van der Waals surface area contributed by atoms with Gasteiger partial charge < -0.3 is 10.2 Å². The lowest BCUT2D eigenvalue weighted by Crippen LogP contribution is -2.33. The average molecular weight is 315 g/mol. The molecule has 2 aromatic rings. The van der Waals surface area contributed by atoms with Gasteiger partial charge in [0.1, 0.15) is 11.5 Å². The van der Waals surface area contributed by atoms with Crippen LogP contribution in [-0.2, 0) is 0 Å². The summed E-state index contributed by atoms with van der Waals surface area (Å²) in [7, 11) is 0. The van der Waals surface area contributed by atoms with Crippen molar-refractivity contribution in [1.82, 2.24) is 9.88 Å². The fourth-order valence-corrected chi connectivity index (χ4v) is 2.33. The third kappa shape index (κ3) is 4.52. The molecule has 0 radical (unpaired) electrons. The molecule has 0 fully saturated rings. The molecule has 1 amide bonds. The van der Waals surface area contributed by atoms with Crippen molar-refractivity contribution in [3.8, 4) is 0 Å². The number of pyridine rings is 1. The predicted octanol–water partition coefficient (Wildman–Crippen LogP) is 4.23. The van der Waals surface area contributed by atoms with Crippen molar-refractivity contribution in [3.05, 3.63) is 54.1 Å². The van der Waals surface area contributed by atoms with E-state index in [-0.39, 0.29) is 11.7 Å². The van der Waals surface area contributed by atoms with E-state index in [0.717, 1.165) is 25.9 Å². The Hall–Kier alpha value is -2.43. The Morgan fingerprint density at radius 2 is 1.83 bits per heavy atom. The van der Waals surface area contributed by atoms with Gasteiger partial charge in [-0.15, -0.1) is 0 Å². The van der Waals surface area contributed by atoms with Crippen molar-refractivity contribution in [2.24, 2.45) is 0 Å².